The first-order valence-corrected chi connectivity index (χ1v) is 6.70. The average molecular weight is 294 g/mol. The third-order valence-corrected chi connectivity index (χ3v) is 3.61. The molecule has 0 aliphatic carbocycles. The molecule has 0 atom stereocenters. The van der Waals surface area contributed by atoms with E-state index in [1.54, 1.807) is 4.90 Å². The lowest BCUT2D eigenvalue weighted by molar-refractivity contribution is -0.129. The Morgan fingerprint density at radius 1 is 1.14 bits per heavy atom. The molecule has 1 heterocycles. The van der Waals surface area contributed by atoms with Gasteiger partial charge >= 0.3 is 0 Å². The highest BCUT2D eigenvalue weighted by Gasteiger charge is 2.23. The van der Waals surface area contributed by atoms with Gasteiger partial charge in [-0.2, -0.15) is 0 Å². The topological polar surface area (TPSA) is 110 Å². The zero-order valence-electron chi connectivity index (χ0n) is 11.7. The van der Waals surface area contributed by atoms with E-state index in [9.17, 15) is 24.9 Å². The fraction of sp³-hybridized carbons (Fsp3) is 0.429. The summed E-state index contributed by atoms with van der Waals surface area (Å²) in [7, 11) is 0. The van der Waals surface area contributed by atoms with Crippen LogP contribution in [0.3, 0.4) is 0 Å². The van der Waals surface area contributed by atoms with E-state index >= 15 is 0 Å². The molecule has 0 unspecified atom stereocenters. The molecule has 2 rings (SSSR count). The van der Waals surface area contributed by atoms with E-state index in [2.05, 4.69) is 5.32 Å². The number of carbonyl (C=O) groups excluding carboxylic acids is 2. The number of phenolic OH excluding ortho intramolecular Hbond substituents is 3. The number of benzene rings is 1. The van der Waals surface area contributed by atoms with E-state index in [0.717, 1.165) is 12.1 Å². The Labute approximate surface area is 121 Å². The van der Waals surface area contributed by atoms with Gasteiger partial charge in [-0.3, -0.25) is 9.59 Å². The minimum absolute atomic E-state index is 0.0214. The molecule has 114 valence electrons. The standard InChI is InChI=1S/C14H18N2O5/c1-8(17)16-4-2-10(3-5-16)15-14(21)9-6-11(18)13(20)12(19)7-9/h6-7,10,18-20H,2-5H2,1H3,(H,15,21). The summed E-state index contributed by atoms with van der Waals surface area (Å²) in [5.41, 5.74) is 0.0665. The Balaban J connectivity index is 1.98. The molecular weight excluding hydrogens is 276 g/mol. The molecule has 7 nitrogen and oxygen atoms in total. The molecule has 0 bridgehead atoms. The molecule has 4 N–H and O–H groups in total. The average Bonchev–Trinajstić information content (AvgIpc) is 2.44. The van der Waals surface area contributed by atoms with E-state index in [1.807, 2.05) is 0 Å². The van der Waals surface area contributed by atoms with Gasteiger partial charge in [-0.05, 0) is 25.0 Å². The Morgan fingerprint density at radius 3 is 2.14 bits per heavy atom. The van der Waals surface area contributed by atoms with Crippen LogP contribution in [0.25, 0.3) is 0 Å². The number of aromatic hydroxyl groups is 3. The quantitative estimate of drug-likeness (QED) is 0.595. The molecule has 0 radical (unpaired) electrons. The first-order chi connectivity index (χ1) is 9.88. The number of amides is 2. The highest BCUT2D eigenvalue weighted by Crippen LogP contribution is 2.35. The molecule has 1 aliphatic rings. The minimum Gasteiger partial charge on any atom is -0.504 e. The first-order valence-electron chi connectivity index (χ1n) is 6.70. The van der Waals surface area contributed by atoms with Gasteiger partial charge in [0.25, 0.3) is 5.91 Å². The van der Waals surface area contributed by atoms with Gasteiger partial charge in [0.1, 0.15) is 0 Å². The molecule has 0 saturated carbocycles. The lowest BCUT2D eigenvalue weighted by atomic mass is 10.0. The van der Waals surface area contributed by atoms with Crippen LogP contribution in [0.4, 0.5) is 0 Å². The predicted molar refractivity (Wildman–Crippen MR) is 74.2 cm³/mol. The van der Waals surface area contributed by atoms with Crippen LogP contribution in [-0.4, -0.2) is 51.2 Å². The van der Waals surface area contributed by atoms with Gasteiger partial charge < -0.3 is 25.5 Å². The predicted octanol–water partition coefficient (Wildman–Crippen LogP) is 0.544. The minimum atomic E-state index is -0.652. The highest BCUT2D eigenvalue weighted by molar-refractivity contribution is 5.95. The van der Waals surface area contributed by atoms with E-state index in [4.69, 9.17) is 0 Å². The summed E-state index contributed by atoms with van der Waals surface area (Å²) in [6, 6.07) is 2.12. The van der Waals surface area contributed by atoms with Crippen molar-refractivity contribution < 1.29 is 24.9 Å². The lowest BCUT2D eigenvalue weighted by Crippen LogP contribution is -2.45. The van der Waals surface area contributed by atoms with Crippen molar-refractivity contribution >= 4 is 11.8 Å². The number of phenols is 3. The van der Waals surface area contributed by atoms with E-state index in [-0.39, 0.29) is 17.5 Å². The number of rotatable bonds is 2. The summed E-state index contributed by atoms with van der Waals surface area (Å²) < 4.78 is 0. The fourth-order valence-corrected chi connectivity index (χ4v) is 2.34. The number of hydrogen-bond donors (Lipinski definition) is 4. The van der Waals surface area contributed by atoms with Gasteiger partial charge in [0, 0.05) is 31.6 Å². The second kappa shape index (κ2) is 5.90. The third-order valence-electron chi connectivity index (χ3n) is 3.61. The van der Waals surface area contributed by atoms with E-state index < -0.39 is 23.2 Å². The van der Waals surface area contributed by atoms with Crippen LogP contribution in [-0.2, 0) is 4.79 Å². The zero-order chi connectivity index (χ0) is 15.6. The zero-order valence-corrected chi connectivity index (χ0v) is 11.7. The summed E-state index contributed by atoms with van der Waals surface area (Å²) in [5.74, 6) is -2.17. The Morgan fingerprint density at radius 2 is 1.67 bits per heavy atom. The molecule has 1 fully saturated rings. The van der Waals surface area contributed by atoms with Crippen molar-refractivity contribution in [3.8, 4) is 17.2 Å². The number of nitrogens with zero attached hydrogens (tertiary/aromatic N) is 1. The molecule has 1 aromatic carbocycles. The maximum atomic E-state index is 12.0. The van der Waals surface area contributed by atoms with Crippen molar-refractivity contribution in [2.24, 2.45) is 0 Å². The molecule has 1 aliphatic heterocycles. The summed E-state index contributed by atoms with van der Waals surface area (Å²) in [6.07, 6.45) is 1.31. The Hall–Kier alpha value is -2.44. The molecule has 2 amide bonds. The lowest BCUT2D eigenvalue weighted by Gasteiger charge is -2.31. The van der Waals surface area contributed by atoms with Crippen LogP contribution < -0.4 is 5.32 Å². The molecule has 1 saturated heterocycles. The van der Waals surface area contributed by atoms with Crippen molar-refractivity contribution in [2.45, 2.75) is 25.8 Å². The fourth-order valence-electron chi connectivity index (χ4n) is 2.34. The SMILES string of the molecule is CC(=O)N1CCC(NC(=O)c2cc(O)c(O)c(O)c2)CC1. The van der Waals surface area contributed by atoms with Crippen LogP contribution in [0.15, 0.2) is 12.1 Å². The second-order valence-electron chi connectivity index (χ2n) is 5.12. The van der Waals surface area contributed by atoms with Crippen molar-refractivity contribution in [2.75, 3.05) is 13.1 Å². The summed E-state index contributed by atoms with van der Waals surface area (Å²) in [4.78, 5) is 25.0. The molecular formula is C14H18N2O5. The monoisotopic (exact) mass is 294 g/mol. The molecule has 7 heteroatoms. The van der Waals surface area contributed by atoms with Gasteiger partial charge in [-0.15, -0.1) is 0 Å². The normalized spacial score (nSPS) is 15.8. The van der Waals surface area contributed by atoms with Crippen LogP contribution in [0.2, 0.25) is 0 Å². The number of hydrogen-bond acceptors (Lipinski definition) is 5. The van der Waals surface area contributed by atoms with Crippen LogP contribution in [0.5, 0.6) is 17.2 Å². The number of piperidine rings is 1. The van der Waals surface area contributed by atoms with Crippen molar-refractivity contribution in [3.05, 3.63) is 17.7 Å². The van der Waals surface area contributed by atoms with E-state index in [0.29, 0.717) is 25.9 Å². The molecule has 0 spiro atoms. The van der Waals surface area contributed by atoms with Crippen LogP contribution >= 0.6 is 0 Å². The second-order valence-corrected chi connectivity index (χ2v) is 5.12. The van der Waals surface area contributed by atoms with E-state index in [1.165, 1.54) is 6.92 Å². The van der Waals surface area contributed by atoms with Crippen molar-refractivity contribution in [3.63, 3.8) is 0 Å². The molecule has 21 heavy (non-hydrogen) atoms. The maximum absolute atomic E-state index is 12.0. The third kappa shape index (κ3) is 3.36. The highest BCUT2D eigenvalue weighted by atomic mass is 16.3. The van der Waals surface area contributed by atoms with Crippen LogP contribution in [0.1, 0.15) is 30.1 Å². The van der Waals surface area contributed by atoms with Gasteiger partial charge in [-0.1, -0.05) is 0 Å². The van der Waals surface area contributed by atoms with Gasteiger partial charge in [0.15, 0.2) is 17.2 Å². The smallest absolute Gasteiger partial charge is 0.251 e. The van der Waals surface area contributed by atoms with Gasteiger partial charge in [-0.25, -0.2) is 0 Å². The Bertz CT molecular complexity index is 541. The number of carbonyl (C=O) groups is 2. The summed E-state index contributed by atoms with van der Waals surface area (Å²) in [6.45, 7) is 2.69. The molecule has 0 aromatic heterocycles. The number of nitrogens with one attached hydrogen (secondary N) is 1. The maximum Gasteiger partial charge on any atom is 0.251 e. The number of likely N-dealkylation sites (tertiary alicyclic amines) is 1. The largest absolute Gasteiger partial charge is 0.504 e. The van der Waals surface area contributed by atoms with Crippen LogP contribution in [0, 0.1) is 0 Å². The first kappa shape index (κ1) is 15.0. The van der Waals surface area contributed by atoms with Gasteiger partial charge in [0.05, 0.1) is 0 Å². The van der Waals surface area contributed by atoms with Gasteiger partial charge in [0.2, 0.25) is 5.91 Å². The Kier molecular flexibility index (Phi) is 4.21. The summed E-state index contributed by atoms with van der Waals surface area (Å²) in [5, 5.41) is 30.8. The summed E-state index contributed by atoms with van der Waals surface area (Å²) >= 11 is 0. The van der Waals surface area contributed by atoms with Crippen molar-refractivity contribution in [1.29, 1.82) is 0 Å². The van der Waals surface area contributed by atoms with Crippen molar-refractivity contribution in [1.82, 2.24) is 10.2 Å². The molecule has 1 aromatic rings.